The van der Waals surface area contributed by atoms with Crippen LogP contribution in [0.2, 0.25) is 0 Å². The fourth-order valence-corrected chi connectivity index (χ4v) is 3.22. The van der Waals surface area contributed by atoms with Crippen molar-refractivity contribution in [3.63, 3.8) is 0 Å². The standard InChI is InChI=1S/C11H23NO5S/c1-4-17-11(14)6-9-18(15,16)12(10(2)3)7-5-8-13/h10,13H,4-9H2,1-3H3. The quantitative estimate of drug-likeness (QED) is 0.617. The second kappa shape index (κ2) is 8.44. The van der Waals surface area contributed by atoms with E-state index in [0.717, 1.165) is 0 Å². The van der Waals surface area contributed by atoms with Gasteiger partial charge in [-0.3, -0.25) is 4.79 Å². The van der Waals surface area contributed by atoms with E-state index in [4.69, 9.17) is 9.84 Å². The summed E-state index contributed by atoms with van der Waals surface area (Å²) in [6.45, 7) is 5.65. The molecular weight excluding hydrogens is 258 g/mol. The molecule has 0 aromatic heterocycles. The second-order valence-corrected chi connectivity index (χ2v) is 6.19. The molecule has 0 aliphatic heterocycles. The zero-order valence-electron chi connectivity index (χ0n) is 11.3. The zero-order valence-corrected chi connectivity index (χ0v) is 12.1. The average Bonchev–Trinajstić information content (AvgIpc) is 2.27. The molecule has 0 fully saturated rings. The molecular formula is C11H23NO5S. The van der Waals surface area contributed by atoms with Crippen molar-refractivity contribution < 1.29 is 23.1 Å². The smallest absolute Gasteiger partial charge is 0.306 e. The van der Waals surface area contributed by atoms with Crippen LogP contribution in [-0.2, 0) is 19.6 Å². The van der Waals surface area contributed by atoms with Crippen LogP contribution in [0.5, 0.6) is 0 Å². The van der Waals surface area contributed by atoms with Crippen LogP contribution in [0.3, 0.4) is 0 Å². The van der Waals surface area contributed by atoms with E-state index in [-0.39, 0.29) is 38.0 Å². The molecule has 108 valence electrons. The van der Waals surface area contributed by atoms with Crippen molar-refractivity contribution >= 4 is 16.0 Å². The Bertz CT molecular complexity index is 339. The molecule has 0 bridgehead atoms. The predicted molar refractivity (Wildman–Crippen MR) is 68.6 cm³/mol. The molecule has 6 nitrogen and oxygen atoms in total. The maximum atomic E-state index is 12.0. The number of ether oxygens (including phenoxy) is 1. The van der Waals surface area contributed by atoms with Crippen LogP contribution in [0.25, 0.3) is 0 Å². The Balaban J connectivity index is 4.50. The number of carbonyl (C=O) groups is 1. The summed E-state index contributed by atoms with van der Waals surface area (Å²) in [5.41, 5.74) is 0. The third-order valence-electron chi connectivity index (χ3n) is 2.34. The van der Waals surface area contributed by atoms with E-state index in [1.807, 2.05) is 0 Å². The van der Waals surface area contributed by atoms with Crippen molar-refractivity contribution in [3.05, 3.63) is 0 Å². The average molecular weight is 281 g/mol. The van der Waals surface area contributed by atoms with Gasteiger partial charge in [0, 0.05) is 19.2 Å². The van der Waals surface area contributed by atoms with Crippen molar-refractivity contribution in [1.82, 2.24) is 4.31 Å². The molecule has 0 atom stereocenters. The Labute approximate surface area is 109 Å². The van der Waals surface area contributed by atoms with Gasteiger partial charge in [-0.2, -0.15) is 4.31 Å². The first kappa shape index (κ1) is 17.3. The fraction of sp³-hybridized carbons (Fsp3) is 0.909. The molecule has 0 heterocycles. The first-order valence-electron chi connectivity index (χ1n) is 6.11. The van der Waals surface area contributed by atoms with Crippen LogP contribution in [0.4, 0.5) is 0 Å². The highest BCUT2D eigenvalue weighted by Crippen LogP contribution is 2.10. The molecule has 0 saturated heterocycles. The molecule has 0 spiro atoms. The summed E-state index contributed by atoms with van der Waals surface area (Å²) in [5, 5.41) is 8.76. The van der Waals surface area contributed by atoms with Gasteiger partial charge in [0.2, 0.25) is 10.0 Å². The van der Waals surface area contributed by atoms with Gasteiger partial charge in [-0.05, 0) is 27.2 Å². The molecule has 0 rings (SSSR count). The fourth-order valence-electron chi connectivity index (χ4n) is 1.51. The monoisotopic (exact) mass is 281 g/mol. The summed E-state index contributed by atoms with van der Waals surface area (Å²) < 4.78 is 30.1. The predicted octanol–water partition coefficient (Wildman–Crippen LogP) is 0.362. The summed E-state index contributed by atoms with van der Waals surface area (Å²) in [5.74, 6) is -0.762. The Morgan fingerprint density at radius 3 is 2.44 bits per heavy atom. The number of hydrogen-bond acceptors (Lipinski definition) is 5. The highest BCUT2D eigenvalue weighted by molar-refractivity contribution is 7.89. The first-order valence-corrected chi connectivity index (χ1v) is 7.72. The minimum absolute atomic E-state index is 0.0589. The maximum absolute atomic E-state index is 12.0. The van der Waals surface area contributed by atoms with Crippen molar-refractivity contribution in [3.8, 4) is 0 Å². The summed E-state index contributed by atoms with van der Waals surface area (Å²) >= 11 is 0. The minimum atomic E-state index is -3.49. The Morgan fingerprint density at radius 1 is 1.39 bits per heavy atom. The first-order chi connectivity index (χ1) is 8.35. The number of carbonyl (C=O) groups excluding carboxylic acids is 1. The van der Waals surface area contributed by atoms with E-state index in [0.29, 0.717) is 6.42 Å². The van der Waals surface area contributed by atoms with Crippen molar-refractivity contribution in [1.29, 1.82) is 0 Å². The van der Waals surface area contributed by atoms with Gasteiger partial charge in [-0.15, -0.1) is 0 Å². The van der Waals surface area contributed by atoms with Crippen LogP contribution in [-0.4, -0.2) is 55.4 Å². The van der Waals surface area contributed by atoms with Crippen LogP contribution in [0.15, 0.2) is 0 Å². The van der Waals surface area contributed by atoms with Crippen molar-refractivity contribution in [2.75, 3.05) is 25.5 Å². The third kappa shape index (κ3) is 6.32. The zero-order chi connectivity index (χ0) is 14.2. The molecule has 1 N–H and O–H groups in total. The number of aliphatic hydroxyl groups is 1. The molecule has 0 unspecified atom stereocenters. The van der Waals surface area contributed by atoms with Crippen LogP contribution < -0.4 is 0 Å². The molecule has 0 aromatic rings. The lowest BCUT2D eigenvalue weighted by molar-refractivity contribution is -0.142. The lowest BCUT2D eigenvalue weighted by Crippen LogP contribution is -2.39. The Kier molecular flexibility index (Phi) is 8.13. The van der Waals surface area contributed by atoms with Gasteiger partial charge < -0.3 is 9.84 Å². The topological polar surface area (TPSA) is 83.9 Å². The lowest BCUT2D eigenvalue weighted by atomic mass is 10.3. The van der Waals surface area contributed by atoms with Gasteiger partial charge in [0.05, 0.1) is 18.8 Å². The van der Waals surface area contributed by atoms with Crippen LogP contribution in [0.1, 0.15) is 33.6 Å². The van der Waals surface area contributed by atoms with Crippen molar-refractivity contribution in [2.24, 2.45) is 0 Å². The van der Waals surface area contributed by atoms with E-state index in [9.17, 15) is 13.2 Å². The van der Waals surface area contributed by atoms with Gasteiger partial charge in [-0.1, -0.05) is 0 Å². The van der Waals surface area contributed by atoms with Gasteiger partial charge in [0.25, 0.3) is 0 Å². The van der Waals surface area contributed by atoms with Crippen LogP contribution >= 0.6 is 0 Å². The SMILES string of the molecule is CCOC(=O)CCS(=O)(=O)N(CCCO)C(C)C. The summed E-state index contributed by atoms with van der Waals surface area (Å²) in [6, 6.07) is -0.191. The number of aliphatic hydroxyl groups excluding tert-OH is 1. The maximum Gasteiger partial charge on any atom is 0.306 e. The number of hydrogen-bond donors (Lipinski definition) is 1. The van der Waals surface area contributed by atoms with E-state index >= 15 is 0 Å². The number of esters is 1. The number of rotatable bonds is 9. The van der Waals surface area contributed by atoms with E-state index < -0.39 is 16.0 Å². The Morgan fingerprint density at radius 2 is 2.00 bits per heavy atom. The summed E-state index contributed by atoms with van der Waals surface area (Å²) in [6.07, 6.45) is 0.245. The van der Waals surface area contributed by atoms with E-state index in [2.05, 4.69) is 0 Å². The van der Waals surface area contributed by atoms with Crippen molar-refractivity contribution in [2.45, 2.75) is 39.7 Å². The molecule has 0 aliphatic carbocycles. The Hall–Kier alpha value is -0.660. The van der Waals surface area contributed by atoms with Crippen LogP contribution in [0, 0.1) is 0 Å². The number of nitrogens with zero attached hydrogens (tertiary/aromatic N) is 1. The largest absolute Gasteiger partial charge is 0.466 e. The van der Waals surface area contributed by atoms with E-state index in [1.54, 1.807) is 20.8 Å². The third-order valence-corrected chi connectivity index (χ3v) is 4.38. The molecule has 0 aliphatic rings. The van der Waals surface area contributed by atoms with Gasteiger partial charge >= 0.3 is 5.97 Å². The van der Waals surface area contributed by atoms with Gasteiger partial charge in [-0.25, -0.2) is 8.42 Å². The normalized spacial score (nSPS) is 12.1. The number of sulfonamides is 1. The summed E-state index contributed by atoms with van der Waals surface area (Å²) in [4.78, 5) is 11.2. The highest BCUT2D eigenvalue weighted by Gasteiger charge is 2.25. The second-order valence-electron chi connectivity index (χ2n) is 4.15. The molecule has 0 aromatic carbocycles. The van der Waals surface area contributed by atoms with Gasteiger partial charge in [0.15, 0.2) is 0 Å². The van der Waals surface area contributed by atoms with Gasteiger partial charge in [0.1, 0.15) is 0 Å². The molecule has 0 radical (unpaired) electrons. The summed E-state index contributed by atoms with van der Waals surface area (Å²) in [7, 11) is -3.49. The molecule has 7 heteroatoms. The molecule has 18 heavy (non-hydrogen) atoms. The molecule has 0 saturated carbocycles. The highest BCUT2D eigenvalue weighted by atomic mass is 32.2. The van der Waals surface area contributed by atoms with E-state index in [1.165, 1.54) is 4.31 Å². The minimum Gasteiger partial charge on any atom is -0.466 e. The lowest BCUT2D eigenvalue weighted by Gasteiger charge is -2.25. The molecule has 0 amide bonds.